The van der Waals surface area contributed by atoms with Crippen LogP contribution >= 0.6 is 0 Å². The van der Waals surface area contributed by atoms with Crippen molar-refractivity contribution in [1.82, 2.24) is 24.7 Å². The Morgan fingerprint density at radius 2 is 0.947 bits per heavy atom. The van der Waals surface area contributed by atoms with Gasteiger partial charge in [0.15, 0.2) is 0 Å². The van der Waals surface area contributed by atoms with Crippen LogP contribution in [0.1, 0.15) is 0 Å². The largest absolute Gasteiger partial charge is 0.263 e. The molecule has 4 heterocycles. The fraction of sp³-hybridized carbons (Fsp3) is 0. The molecule has 0 N–H and O–H groups in total. The maximum absolute atomic E-state index is 5.32. The van der Waals surface area contributed by atoms with E-state index in [1.165, 1.54) is 5.39 Å². The Morgan fingerprint density at radius 3 is 1.65 bits per heavy atom. The standard InChI is InChI=1S/C52H33N5/c1-4-12-36(13-5-1)46-28-26-38-24-25-39-27-29-47(55-51(39)50(38)54-46)42-30-41(32-53-33-42)34-20-22-35(23-21-34)45-31-40-16-10-11-19-44(40)52-48(45)49(37-14-6-2-7-15-37)56-57(52)43-17-8-3-9-18-43/h1-33H. The minimum Gasteiger partial charge on any atom is -0.263 e. The lowest BCUT2D eigenvalue weighted by molar-refractivity contribution is 0.918. The molecule has 0 unspecified atom stereocenters. The molecule has 0 amide bonds. The van der Waals surface area contributed by atoms with Crippen LogP contribution in [-0.2, 0) is 0 Å². The second-order valence-electron chi connectivity index (χ2n) is 14.3. The number of fused-ring (bicyclic) bond motifs is 6. The lowest BCUT2D eigenvalue weighted by atomic mass is 9.92. The summed E-state index contributed by atoms with van der Waals surface area (Å²) in [5, 5.41) is 10.9. The Kier molecular flexibility index (Phi) is 7.74. The SMILES string of the molecule is c1ccc(-c2ccc3ccc4ccc(-c5cncc(-c6ccc(-c7cc8ccccc8c8c7c(-c7ccccc7)nn8-c7ccccc7)cc6)c5)nc4c3n2)cc1. The van der Waals surface area contributed by atoms with Crippen LogP contribution < -0.4 is 0 Å². The van der Waals surface area contributed by atoms with E-state index in [2.05, 4.69) is 168 Å². The number of aromatic nitrogens is 5. The van der Waals surface area contributed by atoms with Gasteiger partial charge < -0.3 is 0 Å². The second kappa shape index (κ2) is 13.5. The van der Waals surface area contributed by atoms with Gasteiger partial charge in [-0.2, -0.15) is 5.10 Å². The minimum atomic E-state index is 0.857. The predicted octanol–water partition coefficient (Wildman–Crippen LogP) is 13.0. The molecule has 0 aliphatic rings. The van der Waals surface area contributed by atoms with Crippen molar-refractivity contribution in [2.45, 2.75) is 0 Å². The van der Waals surface area contributed by atoms with Crippen molar-refractivity contribution < 1.29 is 0 Å². The van der Waals surface area contributed by atoms with Crippen LogP contribution in [0.2, 0.25) is 0 Å². The van der Waals surface area contributed by atoms with Gasteiger partial charge in [0.1, 0.15) is 5.69 Å². The van der Waals surface area contributed by atoms with E-state index >= 15 is 0 Å². The average Bonchev–Trinajstić information content (AvgIpc) is 3.71. The highest BCUT2D eigenvalue weighted by molar-refractivity contribution is 6.17. The summed E-state index contributed by atoms with van der Waals surface area (Å²) in [5.41, 5.74) is 14.1. The summed E-state index contributed by atoms with van der Waals surface area (Å²) in [6.07, 6.45) is 3.82. The maximum atomic E-state index is 5.32. The minimum absolute atomic E-state index is 0.857. The monoisotopic (exact) mass is 727 g/mol. The van der Waals surface area contributed by atoms with Gasteiger partial charge in [-0.1, -0.05) is 152 Å². The molecule has 11 rings (SSSR count). The van der Waals surface area contributed by atoms with Gasteiger partial charge >= 0.3 is 0 Å². The number of benzene rings is 7. The summed E-state index contributed by atoms with van der Waals surface area (Å²) in [7, 11) is 0. The van der Waals surface area contributed by atoms with E-state index in [0.717, 1.165) is 99.8 Å². The highest BCUT2D eigenvalue weighted by Gasteiger charge is 2.21. The van der Waals surface area contributed by atoms with Crippen molar-refractivity contribution in [2.75, 3.05) is 0 Å². The molecule has 0 spiro atoms. The molecule has 7 aromatic carbocycles. The van der Waals surface area contributed by atoms with Gasteiger partial charge in [-0.15, -0.1) is 0 Å². The van der Waals surface area contributed by atoms with Crippen molar-refractivity contribution in [3.05, 3.63) is 200 Å². The molecule has 0 aliphatic carbocycles. The Labute approximate surface area is 329 Å². The van der Waals surface area contributed by atoms with E-state index in [9.17, 15) is 0 Å². The van der Waals surface area contributed by atoms with Crippen LogP contribution in [0.15, 0.2) is 200 Å². The number of hydrogen-bond donors (Lipinski definition) is 0. The van der Waals surface area contributed by atoms with Crippen molar-refractivity contribution >= 4 is 43.5 Å². The predicted molar refractivity (Wildman–Crippen MR) is 234 cm³/mol. The molecule has 0 atom stereocenters. The average molecular weight is 728 g/mol. The van der Waals surface area contributed by atoms with Crippen molar-refractivity contribution in [1.29, 1.82) is 0 Å². The molecule has 5 nitrogen and oxygen atoms in total. The van der Waals surface area contributed by atoms with Gasteiger partial charge in [-0.05, 0) is 58.5 Å². The van der Waals surface area contributed by atoms with E-state index in [1.807, 2.05) is 36.7 Å². The first-order chi connectivity index (χ1) is 28.2. The summed E-state index contributed by atoms with van der Waals surface area (Å²) in [6.45, 7) is 0. The van der Waals surface area contributed by atoms with Gasteiger partial charge in [0, 0.05) is 56.2 Å². The highest BCUT2D eigenvalue weighted by atomic mass is 15.3. The smallest absolute Gasteiger partial charge is 0.101 e. The molecule has 11 aromatic rings. The van der Waals surface area contributed by atoms with Gasteiger partial charge in [0.05, 0.1) is 33.6 Å². The van der Waals surface area contributed by atoms with Crippen molar-refractivity contribution in [3.8, 4) is 61.7 Å². The zero-order chi connectivity index (χ0) is 37.7. The van der Waals surface area contributed by atoms with E-state index in [4.69, 9.17) is 20.1 Å². The summed E-state index contributed by atoms with van der Waals surface area (Å²) in [5.74, 6) is 0. The number of pyridine rings is 3. The molecule has 4 aromatic heterocycles. The topological polar surface area (TPSA) is 56.5 Å². The molecule has 5 heteroatoms. The van der Waals surface area contributed by atoms with Crippen LogP contribution in [0.3, 0.4) is 0 Å². The number of para-hydroxylation sites is 1. The maximum Gasteiger partial charge on any atom is 0.101 e. The lowest BCUT2D eigenvalue weighted by Crippen LogP contribution is -1.96. The van der Waals surface area contributed by atoms with Gasteiger partial charge in [0.2, 0.25) is 0 Å². The van der Waals surface area contributed by atoms with Crippen LogP contribution in [0.4, 0.5) is 0 Å². The third-order valence-electron chi connectivity index (χ3n) is 10.9. The first-order valence-electron chi connectivity index (χ1n) is 19.1. The van der Waals surface area contributed by atoms with E-state index in [-0.39, 0.29) is 0 Å². The van der Waals surface area contributed by atoms with E-state index in [1.54, 1.807) is 0 Å². The normalized spacial score (nSPS) is 11.5. The van der Waals surface area contributed by atoms with Crippen molar-refractivity contribution in [3.63, 3.8) is 0 Å². The summed E-state index contributed by atoms with van der Waals surface area (Å²) >= 11 is 0. The summed E-state index contributed by atoms with van der Waals surface area (Å²) < 4.78 is 2.11. The molecule has 0 saturated heterocycles. The number of rotatable bonds is 6. The van der Waals surface area contributed by atoms with E-state index < -0.39 is 0 Å². The van der Waals surface area contributed by atoms with Gasteiger partial charge in [-0.25, -0.2) is 14.6 Å². The van der Waals surface area contributed by atoms with Crippen LogP contribution in [0.5, 0.6) is 0 Å². The van der Waals surface area contributed by atoms with E-state index in [0.29, 0.717) is 0 Å². The molecular weight excluding hydrogens is 695 g/mol. The Balaban J connectivity index is 1.01. The molecule has 0 bridgehead atoms. The van der Waals surface area contributed by atoms with Gasteiger partial charge in [-0.3, -0.25) is 4.98 Å². The third kappa shape index (κ3) is 5.72. The zero-order valence-corrected chi connectivity index (χ0v) is 30.8. The molecular formula is C52H33N5. The fourth-order valence-electron chi connectivity index (χ4n) is 8.05. The lowest BCUT2D eigenvalue weighted by Gasteiger charge is -2.12. The highest BCUT2D eigenvalue weighted by Crippen LogP contribution is 2.42. The summed E-state index contributed by atoms with van der Waals surface area (Å²) in [4.78, 5) is 15.0. The number of nitrogens with zero attached hydrogens (tertiary/aromatic N) is 5. The molecule has 0 aliphatic heterocycles. The second-order valence-corrected chi connectivity index (χ2v) is 14.3. The molecule has 266 valence electrons. The van der Waals surface area contributed by atoms with Gasteiger partial charge in [0.25, 0.3) is 0 Å². The Hall–Kier alpha value is -7.76. The van der Waals surface area contributed by atoms with Crippen molar-refractivity contribution in [2.24, 2.45) is 0 Å². The summed E-state index contributed by atoms with van der Waals surface area (Å²) in [6, 6.07) is 65.8. The third-order valence-corrected chi connectivity index (χ3v) is 10.9. The zero-order valence-electron chi connectivity index (χ0n) is 30.8. The fourth-order valence-corrected chi connectivity index (χ4v) is 8.05. The van der Waals surface area contributed by atoms with Crippen LogP contribution in [0, 0.1) is 0 Å². The first kappa shape index (κ1) is 32.7. The quantitative estimate of drug-likeness (QED) is 0.160. The molecule has 0 radical (unpaired) electrons. The molecule has 0 saturated carbocycles. The first-order valence-corrected chi connectivity index (χ1v) is 19.1. The van der Waals surface area contributed by atoms with Crippen LogP contribution in [0.25, 0.3) is 105 Å². The molecule has 57 heavy (non-hydrogen) atoms. The Morgan fingerprint density at radius 1 is 0.386 bits per heavy atom. The molecule has 0 fully saturated rings. The Bertz CT molecular complexity index is 3270. The number of hydrogen-bond acceptors (Lipinski definition) is 4. The van der Waals surface area contributed by atoms with Crippen LogP contribution in [-0.4, -0.2) is 24.7 Å².